The van der Waals surface area contributed by atoms with Gasteiger partial charge in [-0.05, 0) is 135 Å². The first-order chi connectivity index (χ1) is 28.8. The summed E-state index contributed by atoms with van der Waals surface area (Å²) in [5.74, 6) is -5.88. The van der Waals surface area contributed by atoms with Crippen molar-refractivity contribution in [3.8, 4) is 21.9 Å². The van der Waals surface area contributed by atoms with E-state index in [9.17, 15) is 8.42 Å². The van der Waals surface area contributed by atoms with Gasteiger partial charge in [0.1, 0.15) is 24.7 Å². The minimum Gasteiger partial charge on any atom is -0.492 e. The molecule has 2 fully saturated rings. The summed E-state index contributed by atoms with van der Waals surface area (Å²) in [5.41, 5.74) is 3.82. The Morgan fingerprint density at radius 2 is 1.18 bits per heavy atom. The van der Waals surface area contributed by atoms with Gasteiger partial charge >= 0.3 is 23.9 Å². The van der Waals surface area contributed by atoms with Crippen molar-refractivity contribution in [1.82, 2.24) is 9.80 Å². The van der Waals surface area contributed by atoms with Crippen molar-refractivity contribution in [1.29, 1.82) is 0 Å². The number of anilines is 1. The third kappa shape index (κ3) is 13.3. The molecule has 318 valence electrons. The quantitative estimate of drug-likeness (QED) is 0.0783. The van der Waals surface area contributed by atoms with E-state index in [4.69, 9.17) is 49.1 Å². The fourth-order valence-corrected chi connectivity index (χ4v) is 9.01. The summed E-state index contributed by atoms with van der Waals surface area (Å²) in [6.07, 6.45) is 5.64. The standard InChI is InChI=1S/C39H43N3O4S2.2C2H2O4/c43-48(44,33-10-2-1-3-11-33)40-36-29-30(14-19-37(36)46-27-25-42-22-8-9-23-42)28-35-34-12-4-5-13-38(34)47-39(35)31-15-17-32(18-16-31)45-26-24-41-20-6-7-21-41;2*3-1(4)2(5)6/h1-5,10-19,29,40H,6-9,20-28H2;2*(H,3,4)(H,5,6). The van der Waals surface area contributed by atoms with Crippen LogP contribution in [0.2, 0.25) is 0 Å². The fraction of sp³-hybridized carbons (Fsp3) is 0.302. The Bertz CT molecular complexity index is 2290. The fourth-order valence-electron chi connectivity index (χ4n) is 6.70. The number of carboxylic acid groups (broad SMARTS) is 4. The molecule has 5 N–H and O–H groups in total. The predicted molar refractivity (Wildman–Crippen MR) is 227 cm³/mol. The molecule has 0 aliphatic carbocycles. The van der Waals surface area contributed by atoms with Gasteiger partial charge < -0.3 is 29.9 Å². The van der Waals surface area contributed by atoms with Gasteiger partial charge in [-0.3, -0.25) is 14.5 Å². The molecule has 60 heavy (non-hydrogen) atoms. The zero-order valence-electron chi connectivity index (χ0n) is 32.7. The Morgan fingerprint density at radius 3 is 1.75 bits per heavy atom. The molecule has 2 saturated heterocycles. The number of fused-ring (bicyclic) bond motifs is 1. The van der Waals surface area contributed by atoms with E-state index < -0.39 is 33.9 Å². The smallest absolute Gasteiger partial charge is 0.414 e. The number of thiophene rings is 1. The van der Waals surface area contributed by atoms with Gasteiger partial charge in [0.25, 0.3) is 10.0 Å². The second-order valence-electron chi connectivity index (χ2n) is 13.9. The van der Waals surface area contributed by atoms with Crippen LogP contribution in [0.5, 0.6) is 11.5 Å². The highest BCUT2D eigenvalue weighted by Gasteiger charge is 2.20. The van der Waals surface area contributed by atoms with Gasteiger partial charge in [-0.2, -0.15) is 0 Å². The van der Waals surface area contributed by atoms with E-state index in [0.717, 1.165) is 43.1 Å². The van der Waals surface area contributed by atoms with Crippen molar-refractivity contribution < 1.29 is 57.5 Å². The van der Waals surface area contributed by atoms with E-state index in [1.807, 2.05) is 18.2 Å². The SMILES string of the molecule is O=C(O)C(=O)O.O=C(O)C(=O)O.O=S(=O)(Nc1cc(Cc2c(-c3ccc(OCCN4CCCC4)cc3)sc3ccccc23)ccc1OCCN1CCCC1)c1ccccc1. The summed E-state index contributed by atoms with van der Waals surface area (Å²) in [4.78, 5) is 42.7. The summed E-state index contributed by atoms with van der Waals surface area (Å²) in [5, 5.41) is 30.8. The zero-order valence-corrected chi connectivity index (χ0v) is 34.3. The number of ether oxygens (including phenoxy) is 2. The molecule has 2 aliphatic rings. The van der Waals surface area contributed by atoms with Crippen molar-refractivity contribution in [3.63, 3.8) is 0 Å². The molecule has 4 aromatic carbocycles. The number of rotatable bonds is 14. The first-order valence-electron chi connectivity index (χ1n) is 19.2. The third-order valence-electron chi connectivity index (χ3n) is 9.64. The maximum atomic E-state index is 13.5. The largest absolute Gasteiger partial charge is 0.492 e. The molecule has 0 amide bonds. The molecule has 3 heterocycles. The molecule has 0 unspecified atom stereocenters. The van der Waals surface area contributed by atoms with Crippen LogP contribution >= 0.6 is 11.3 Å². The number of hydrogen-bond acceptors (Lipinski definition) is 11. The van der Waals surface area contributed by atoms with Gasteiger partial charge in [0.15, 0.2) is 0 Å². The van der Waals surface area contributed by atoms with Crippen molar-refractivity contribution in [2.75, 3.05) is 57.2 Å². The van der Waals surface area contributed by atoms with E-state index in [2.05, 4.69) is 69.1 Å². The molecule has 0 radical (unpaired) electrons. The normalized spacial score (nSPS) is 14.0. The Kier molecular flexibility index (Phi) is 16.4. The predicted octanol–water partition coefficient (Wildman–Crippen LogP) is 6.22. The molecular formula is C43H47N3O12S2. The van der Waals surface area contributed by atoms with Crippen molar-refractivity contribution in [3.05, 3.63) is 108 Å². The van der Waals surface area contributed by atoms with E-state index in [1.54, 1.807) is 35.6 Å². The van der Waals surface area contributed by atoms with E-state index in [0.29, 0.717) is 31.1 Å². The van der Waals surface area contributed by atoms with Crippen LogP contribution in [0.4, 0.5) is 5.69 Å². The van der Waals surface area contributed by atoms with Crippen LogP contribution in [-0.2, 0) is 35.6 Å². The Hall–Kier alpha value is -6.01. The monoisotopic (exact) mass is 861 g/mol. The first-order valence-corrected chi connectivity index (χ1v) is 21.5. The van der Waals surface area contributed by atoms with Crippen LogP contribution in [0.3, 0.4) is 0 Å². The number of hydrogen-bond donors (Lipinski definition) is 5. The number of sulfonamides is 1. The number of nitrogens with zero attached hydrogens (tertiary/aromatic N) is 2. The van der Waals surface area contributed by atoms with E-state index in [-0.39, 0.29) is 4.90 Å². The van der Waals surface area contributed by atoms with Crippen molar-refractivity contribution in [2.24, 2.45) is 0 Å². The molecule has 0 bridgehead atoms. The van der Waals surface area contributed by atoms with Gasteiger partial charge in [-0.1, -0.05) is 42.5 Å². The number of benzene rings is 4. The number of carboxylic acids is 4. The summed E-state index contributed by atoms with van der Waals surface area (Å²) in [6, 6.07) is 31.3. The topological polar surface area (TPSA) is 220 Å². The van der Waals surface area contributed by atoms with Gasteiger partial charge in [0, 0.05) is 22.7 Å². The lowest BCUT2D eigenvalue weighted by molar-refractivity contribution is -0.159. The Labute approximate surface area is 351 Å². The number of likely N-dealkylation sites (tertiary alicyclic amines) is 2. The van der Waals surface area contributed by atoms with Gasteiger partial charge in [0.2, 0.25) is 0 Å². The van der Waals surface area contributed by atoms with Crippen molar-refractivity contribution in [2.45, 2.75) is 37.0 Å². The maximum absolute atomic E-state index is 13.5. The minimum absolute atomic E-state index is 0.216. The molecule has 7 rings (SSSR count). The summed E-state index contributed by atoms with van der Waals surface area (Å²) in [6.45, 7) is 7.49. The lowest BCUT2D eigenvalue weighted by Crippen LogP contribution is -2.25. The lowest BCUT2D eigenvalue weighted by atomic mass is 9.98. The van der Waals surface area contributed by atoms with Crippen LogP contribution < -0.4 is 14.2 Å². The highest BCUT2D eigenvalue weighted by molar-refractivity contribution is 7.92. The molecule has 2 aliphatic heterocycles. The second kappa shape index (κ2) is 21.8. The zero-order chi connectivity index (χ0) is 43.1. The Morgan fingerprint density at radius 1 is 0.650 bits per heavy atom. The molecule has 17 heteroatoms. The van der Waals surface area contributed by atoms with Crippen LogP contribution in [0.15, 0.2) is 102 Å². The average molecular weight is 862 g/mol. The third-order valence-corrected chi connectivity index (χ3v) is 12.3. The van der Waals surface area contributed by atoms with E-state index >= 15 is 0 Å². The van der Waals surface area contributed by atoms with Gasteiger partial charge in [-0.25, -0.2) is 27.6 Å². The van der Waals surface area contributed by atoms with Crippen LogP contribution in [-0.4, -0.2) is 115 Å². The molecule has 0 saturated carbocycles. The summed E-state index contributed by atoms with van der Waals surface area (Å²) >= 11 is 1.79. The van der Waals surface area contributed by atoms with Crippen LogP contribution in [0.1, 0.15) is 36.8 Å². The first kappa shape index (κ1) is 45.1. The minimum atomic E-state index is -3.81. The number of aliphatic carboxylic acids is 4. The number of nitrogens with one attached hydrogen (secondary N) is 1. The highest BCUT2D eigenvalue weighted by atomic mass is 32.2. The molecule has 5 aromatic rings. The van der Waals surface area contributed by atoms with Crippen molar-refractivity contribution >= 4 is 61.0 Å². The molecule has 0 spiro atoms. The second-order valence-corrected chi connectivity index (χ2v) is 16.6. The highest BCUT2D eigenvalue weighted by Crippen LogP contribution is 2.41. The Balaban J connectivity index is 0.000000500. The summed E-state index contributed by atoms with van der Waals surface area (Å²) < 4.78 is 43.3. The van der Waals surface area contributed by atoms with Gasteiger partial charge in [0.05, 0.1) is 10.6 Å². The number of carbonyl (C=O) groups is 4. The average Bonchev–Trinajstić information content (AvgIpc) is 4.03. The maximum Gasteiger partial charge on any atom is 0.414 e. The summed E-state index contributed by atoms with van der Waals surface area (Å²) in [7, 11) is -3.81. The molecule has 1 aromatic heterocycles. The van der Waals surface area contributed by atoms with Crippen LogP contribution in [0.25, 0.3) is 20.5 Å². The molecule has 15 nitrogen and oxygen atoms in total. The van der Waals surface area contributed by atoms with E-state index in [1.165, 1.54) is 59.3 Å². The van der Waals surface area contributed by atoms with Crippen LogP contribution in [0, 0.1) is 0 Å². The molecule has 0 atom stereocenters. The molecular weight excluding hydrogens is 815 g/mol. The van der Waals surface area contributed by atoms with Gasteiger partial charge in [-0.15, -0.1) is 11.3 Å². The lowest BCUT2D eigenvalue weighted by Gasteiger charge is -2.18.